The van der Waals surface area contributed by atoms with Crippen LogP contribution in [0.25, 0.3) is 0 Å². The SMILES string of the molecule is CNCc1nnc(SC(C)C(=O)NC2CC2)n1C.Cl. The summed E-state index contributed by atoms with van der Waals surface area (Å²) < 4.78 is 1.92. The molecule has 1 unspecified atom stereocenters. The number of nitrogens with one attached hydrogen (secondary N) is 2. The minimum atomic E-state index is -0.143. The first-order valence-electron chi connectivity index (χ1n) is 6.11. The third kappa shape index (κ3) is 4.36. The van der Waals surface area contributed by atoms with Crippen LogP contribution in [-0.4, -0.2) is 39.0 Å². The maximum absolute atomic E-state index is 11.8. The van der Waals surface area contributed by atoms with E-state index in [9.17, 15) is 4.79 Å². The van der Waals surface area contributed by atoms with Crippen LogP contribution in [0.2, 0.25) is 0 Å². The lowest BCUT2D eigenvalue weighted by molar-refractivity contribution is -0.120. The summed E-state index contributed by atoms with van der Waals surface area (Å²) in [4.78, 5) is 11.8. The van der Waals surface area contributed by atoms with Gasteiger partial charge in [-0.25, -0.2) is 0 Å². The molecule has 1 aromatic rings. The van der Waals surface area contributed by atoms with Crippen LogP contribution in [0.1, 0.15) is 25.6 Å². The van der Waals surface area contributed by atoms with Crippen molar-refractivity contribution in [2.24, 2.45) is 7.05 Å². The average molecular weight is 306 g/mol. The molecule has 1 heterocycles. The van der Waals surface area contributed by atoms with Crippen molar-refractivity contribution in [1.29, 1.82) is 0 Å². The van der Waals surface area contributed by atoms with E-state index in [0.29, 0.717) is 12.6 Å². The maximum atomic E-state index is 11.8. The largest absolute Gasteiger partial charge is 0.352 e. The summed E-state index contributed by atoms with van der Waals surface area (Å²) >= 11 is 1.44. The molecule has 8 heteroatoms. The Morgan fingerprint density at radius 1 is 1.53 bits per heavy atom. The fourth-order valence-electron chi connectivity index (χ4n) is 1.52. The summed E-state index contributed by atoms with van der Waals surface area (Å²) in [6, 6.07) is 0.403. The fourth-order valence-corrected chi connectivity index (χ4v) is 2.36. The quantitative estimate of drug-likeness (QED) is 0.758. The highest BCUT2D eigenvalue weighted by molar-refractivity contribution is 8.00. The minimum Gasteiger partial charge on any atom is -0.352 e. The molecule has 2 N–H and O–H groups in total. The van der Waals surface area contributed by atoms with Gasteiger partial charge < -0.3 is 15.2 Å². The van der Waals surface area contributed by atoms with Gasteiger partial charge in [0.25, 0.3) is 0 Å². The van der Waals surface area contributed by atoms with Gasteiger partial charge in [-0.2, -0.15) is 0 Å². The molecule has 0 spiro atoms. The van der Waals surface area contributed by atoms with E-state index in [1.54, 1.807) is 0 Å². The van der Waals surface area contributed by atoms with Crippen LogP contribution in [0, 0.1) is 0 Å². The van der Waals surface area contributed by atoms with Gasteiger partial charge in [0.1, 0.15) is 5.82 Å². The number of hydrogen-bond donors (Lipinski definition) is 2. The van der Waals surface area contributed by atoms with Gasteiger partial charge in [-0.05, 0) is 26.8 Å². The second kappa shape index (κ2) is 7.12. The molecule has 0 aliphatic heterocycles. The fraction of sp³-hybridized carbons (Fsp3) is 0.727. The van der Waals surface area contributed by atoms with Crippen LogP contribution in [-0.2, 0) is 18.4 Å². The molecule has 0 aromatic carbocycles. The van der Waals surface area contributed by atoms with Gasteiger partial charge in [-0.1, -0.05) is 11.8 Å². The van der Waals surface area contributed by atoms with Gasteiger partial charge in [0.15, 0.2) is 5.16 Å². The smallest absolute Gasteiger partial charge is 0.233 e. The van der Waals surface area contributed by atoms with Crippen molar-refractivity contribution in [2.45, 2.75) is 42.8 Å². The zero-order valence-corrected chi connectivity index (χ0v) is 13.0. The normalized spacial score (nSPS) is 15.7. The van der Waals surface area contributed by atoms with Gasteiger partial charge in [0.2, 0.25) is 5.91 Å². The number of amides is 1. The molecule has 1 amide bonds. The highest BCUT2D eigenvalue weighted by Crippen LogP contribution is 2.24. The number of nitrogens with zero attached hydrogens (tertiary/aromatic N) is 3. The van der Waals surface area contributed by atoms with Gasteiger partial charge in [-0.3, -0.25) is 4.79 Å². The number of thioether (sulfide) groups is 1. The predicted octanol–water partition coefficient (Wildman–Crippen LogP) is 0.715. The molecule has 19 heavy (non-hydrogen) atoms. The molecule has 1 aliphatic rings. The third-order valence-electron chi connectivity index (χ3n) is 2.84. The molecule has 1 saturated carbocycles. The lowest BCUT2D eigenvalue weighted by atomic mass is 10.4. The van der Waals surface area contributed by atoms with E-state index < -0.39 is 0 Å². The standard InChI is InChI=1S/C11H19N5OS.ClH/c1-7(10(17)13-8-4-5-8)18-11-15-14-9(6-12-2)16(11)3;/h7-8,12H,4-6H2,1-3H3,(H,13,17);1H. The maximum Gasteiger partial charge on any atom is 0.233 e. The summed E-state index contributed by atoms with van der Waals surface area (Å²) in [5, 5.41) is 14.9. The van der Waals surface area contributed by atoms with Crippen molar-refractivity contribution in [3.8, 4) is 0 Å². The molecular weight excluding hydrogens is 286 g/mol. The second-order valence-corrected chi connectivity index (χ2v) is 5.84. The Kier molecular flexibility index (Phi) is 6.09. The van der Waals surface area contributed by atoms with Crippen LogP contribution in [0.15, 0.2) is 5.16 Å². The third-order valence-corrected chi connectivity index (χ3v) is 3.97. The molecule has 1 fully saturated rings. The molecule has 2 rings (SSSR count). The number of halogens is 1. The molecule has 1 aromatic heterocycles. The number of rotatable bonds is 6. The molecule has 0 radical (unpaired) electrons. The summed E-state index contributed by atoms with van der Waals surface area (Å²) in [5.41, 5.74) is 0. The molecule has 1 aliphatic carbocycles. The van der Waals surface area contributed by atoms with E-state index >= 15 is 0 Å². The summed E-state index contributed by atoms with van der Waals surface area (Å²) in [7, 11) is 3.79. The summed E-state index contributed by atoms with van der Waals surface area (Å²) in [6.45, 7) is 2.57. The highest BCUT2D eigenvalue weighted by Gasteiger charge is 2.26. The van der Waals surface area contributed by atoms with E-state index in [-0.39, 0.29) is 23.6 Å². The van der Waals surface area contributed by atoms with Crippen molar-refractivity contribution >= 4 is 30.1 Å². The zero-order valence-electron chi connectivity index (χ0n) is 11.3. The zero-order chi connectivity index (χ0) is 13.1. The number of aromatic nitrogens is 3. The number of carbonyl (C=O) groups excluding carboxylic acids is 1. The minimum absolute atomic E-state index is 0. The van der Waals surface area contributed by atoms with E-state index in [2.05, 4.69) is 20.8 Å². The topological polar surface area (TPSA) is 71.8 Å². The van der Waals surface area contributed by atoms with Gasteiger partial charge >= 0.3 is 0 Å². The van der Waals surface area contributed by atoms with Crippen molar-refractivity contribution in [1.82, 2.24) is 25.4 Å². The molecule has 0 saturated heterocycles. The molecule has 108 valence electrons. The van der Waals surface area contributed by atoms with Gasteiger partial charge in [0, 0.05) is 13.1 Å². The van der Waals surface area contributed by atoms with Crippen molar-refractivity contribution in [3.05, 3.63) is 5.82 Å². The van der Waals surface area contributed by atoms with E-state index in [1.807, 2.05) is 25.6 Å². The molecular formula is C11H20ClN5OS. The predicted molar refractivity (Wildman–Crippen MR) is 77.5 cm³/mol. The van der Waals surface area contributed by atoms with E-state index in [0.717, 1.165) is 23.8 Å². The van der Waals surface area contributed by atoms with Crippen LogP contribution in [0.5, 0.6) is 0 Å². The average Bonchev–Trinajstić information content (AvgIpc) is 3.09. The molecule has 1 atom stereocenters. The van der Waals surface area contributed by atoms with Gasteiger partial charge in [0.05, 0.1) is 11.8 Å². The Morgan fingerprint density at radius 2 is 2.21 bits per heavy atom. The second-order valence-electron chi connectivity index (χ2n) is 4.53. The van der Waals surface area contributed by atoms with Crippen molar-refractivity contribution < 1.29 is 4.79 Å². The van der Waals surface area contributed by atoms with E-state index in [1.165, 1.54) is 11.8 Å². The first kappa shape index (κ1) is 16.3. The Hall–Kier alpha value is -0.790. The van der Waals surface area contributed by atoms with Crippen molar-refractivity contribution in [2.75, 3.05) is 7.05 Å². The molecule has 0 bridgehead atoms. The van der Waals surface area contributed by atoms with E-state index in [4.69, 9.17) is 0 Å². The van der Waals surface area contributed by atoms with Crippen LogP contribution in [0.4, 0.5) is 0 Å². The Labute approximate surface area is 123 Å². The lowest BCUT2D eigenvalue weighted by Crippen LogP contribution is -2.32. The van der Waals surface area contributed by atoms with Gasteiger partial charge in [-0.15, -0.1) is 22.6 Å². The van der Waals surface area contributed by atoms with Crippen LogP contribution >= 0.6 is 24.2 Å². The number of hydrogen-bond acceptors (Lipinski definition) is 5. The highest BCUT2D eigenvalue weighted by atomic mass is 35.5. The first-order chi connectivity index (χ1) is 8.61. The Morgan fingerprint density at radius 3 is 2.79 bits per heavy atom. The Balaban J connectivity index is 0.00000180. The first-order valence-corrected chi connectivity index (χ1v) is 6.99. The summed E-state index contributed by atoms with van der Waals surface area (Å²) in [5.74, 6) is 0.954. The van der Waals surface area contributed by atoms with Crippen LogP contribution < -0.4 is 10.6 Å². The molecule has 6 nitrogen and oxygen atoms in total. The van der Waals surface area contributed by atoms with Crippen molar-refractivity contribution in [3.63, 3.8) is 0 Å². The van der Waals surface area contributed by atoms with Crippen LogP contribution in [0.3, 0.4) is 0 Å². The monoisotopic (exact) mass is 305 g/mol. The summed E-state index contributed by atoms with van der Waals surface area (Å²) in [6.07, 6.45) is 2.22. The number of carbonyl (C=O) groups is 1. The Bertz CT molecular complexity index is 435. The lowest BCUT2D eigenvalue weighted by Gasteiger charge is -2.10.